The van der Waals surface area contributed by atoms with Gasteiger partial charge in [-0.1, -0.05) is 0 Å². The van der Waals surface area contributed by atoms with E-state index in [1.165, 1.54) is 18.2 Å². The Kier molecular flexibility index (Phi) is 3.91. The van der Waals surface area contributed by atoms with Crippen LogP contribution in [0.15, 0.2) is 41.1 Å². The normalized spacial score (nSPS) is 12.2. The molecule has 94 valence electrons. The molecule has 2 rings (SSSR count). The van der Waals surface area contributed by atoms with Gasteiger partial charge in [-0.05, 0) is 52.7 Å². The van der Waals surface area contributed by atoms with Gasteiger partial charge < -0.3 is 5.32 Å². The minimum Gasteiger partial charge on any atom is -0.377 e. The van der Waals surface area contributed by atoms with Gasteiger partial charge in [-0.15, -0.1) is 0 Å². The highest BCUT2D eigenvalue weighted by atomic mass is 79.9. The van der Waals surface area contributed by atoms with Crippen molar-refractivity contribution in [2.24, 2.45) is 0 Å². The first-order chi connectivity index (χ1) is 8.56. The summed E-state index contributed by atoms with van der Waals surface area (Å²) >= 11 is 3.33. The number of benzene rings is 1. The summed E-state index contributed by atoms with van der Waals surface area (Å²) < 4.78 is 26.9. The van der Waals surface area contributed by atoms with E-state index >= 15 is 0 Å². The summed E-state index contributed by atoms with van der Waals surface area (Å²) in [5.41, 5.74) is 1.32. The zero-order valence-electron chi connectivity index (χ0n) is 9.62. The third-order valence-corrected chi connectivity index (χ3v) is 3.22. The average Bonchev–Trinajstić information content (AvgIpc) is 2.34. The zero-order chi connectivity index (χ0) is 13.1. The summed E-state index contributed by atoms with van der Waals surface area (Å²) in [4.78, 5) is 3.79. The molecule has 1 unspecified atom stereocenters. The average molecular weight is 313 g/mol. The molecule has 0 bridgehead atoms. The van der Waals surface area contributed by atoms with Gasteiger partial charge in [0.2, 0.25) is 0 Å². The molecule has 0 saturated carbocycles. The molecule has 0 aliphatic heterocycles. The Labute approximate surface area is 112 Å². The van der Waals surface area contributed by atoms with Gasteiger partial charge in [0.15, 0.2) is 0 Å². The van der Waals surface area contributed by atoms with Crippen molar-refractivity contribution in [2.75, 3.05) is 5.32 Å². The van der Waals surface area contributed by atoms with Crippen molar-refractivity contribution < 1.29 is 8.78 Å². The van der Waals surface area contributed by atoms with Crippen LogP contribution >= 0.6 is 15.9 Å². The van der Waals surface area contributed by atoms with Gasteiger partial charge in [-0.3, -0.25) is 4.98 Å². The van der Waals surface area contributed by atoms with Gasteiger partial charge in [0.25, 0.3) is 0 Å². The Bertz CT molecular complexity index is 560. The lowest BCUT2D eigenvalue weighted by molar-refractivity contribution is 0.616. The number of halogens is 3. The SMILES string of the molecule is CC(Nc1cc(F)ccc1Br)c1cncc(F)c1. The van der Waals surface area contributed by atoms with Gasteiger partial charge in [-0.25, -0.2) is 8.78 Å². The second-order valence-corrected chi connectivity index (χ2v) is 4.78. The van der Waals surface area contributed by atoms with Crippen LogP contribution in [0.5, 0.6) is 0 Å². The van der Waals surface area contributed by atoms with Gasteiger partial charge in [0.05, 0.1) is 17.9 Å². The lowest BCUT2D eigenvalue weighted by Gasteiger charge is -2.16. The number of nitrogens with one attached hydrogen (secondary N) is 1. The van der Waals surface area contributed by atoms with Crippen LogP contribution in [0.2, 0.25) is 0 Å². The summed E-state index contributed by atoms with van der Waals surface area (Å²) in [6, 6.07) is 5.59. The molecule has 1 atom stereocenters. The molecule has 0 fully saturated rings. The fourth-order valence-electron chi connectivity index (χ4n) is 1.59. The predicted octanol–water partition coefficient (Wildman–Crippen LogP) is 4.30. The number of hydrogen-bond donors (Lipinski definition) is 1. The monoisotopic (exact) mass is 312 g/mol. The first-order valence-electron chi connectivity index (χ1n) is 5.38. The van der Waals surface area contributed by atoms with Gasteiger partial charge in [0, 0.05) is 10.7 Å². The summed E-state index contributed by atoms with van der Waals surface area (Å²) in [5.74, 6) is -0.718. The second-order valence-electron chi connectivity index (χ2n) is 3.93. The molecule has 1 N–H and O–H groups in total. The molecule has 0 aliphatic carbocycles. The van der Waals surface area contributed by atoms with E-state index in [4.69, 9.17) is 0 Å². The lowest BCUT2D eigenvalue weighted by atomic mass is 10.1. The zero-order valence-corrected chi connectivity index (χ0v) is 11.2. The van der Waals surface area contributed by atoms with Crippen molar-refractivity contribution in [1.82, 2.24) is 4.98 Å². The van der Waals surface area contributed by atoms with E-state index < -0.39 is 0 Å². The van der Waals surface area contributed by atoms with Crippen molar-refractivity contribution in [3.05, 3.63) is 58.3 Å². The number of nitrogens with zero attached hydrogens (tertiary/aromatic N) is 1. The smallest absolute Gasteiger partial charge is 0.141 e. The molecule has 0 amide bonds. The largest absolute Gasteiger partial charge is 0.377 e. The van der Waals surface area contributed by atoms with Gasteiger partial charge in [0.1, 0.15) is 11.6 Å². The predicted molar refractivity (Wildman–Crippen MR) is 70.3 cm³/mol. The maximum Gasteiger partial charge on any atom is 0.141 e. The van der Waals surface area contributed by atoms with E-state index in [0.29, 0.717) is 11.3 Å². The van der Waals surface area contributed by atoms with Crippen LogP contribution in [0.3, 0.4) is 0 Å². The summed E-state index contributed by atoms with van der Waals surface area (Å²) in [5, 5.41) is 3.10. The molecule has 0 aliphatic rings. The molecular weight excluding hydrogens is 302 g/mol. The van der Waals surface area contributed by atoms with Crippen LogP contribution in [0.4, 0.5) is 14.5 Å². The van der Waals surface area contributed by atoms with Gasteiger partial charge >= 0.3 is 0 Å². The topological polar surface area (TPSA) is 24.9 Å². The van der Waals surface area contributed by atoms with E-state index in [1.54, 1.807) is 12.3 Å². The number of aromatic nitrogens is 1. The highest BCUT2D eigenvalue weighted by Gasteiger charge is 2.09. The first-order valence-corrected chi connectivity index (χ1v) is 6.17. The summed E-state index contributed by atoms with van der Waals surface area (Å²) in [6.45, 7) is 1.85. The van der Waals surface area contributed by atoms with Crippen molar-refractivity contribution in [3.63, 3.8) is 0 Å². The molecule has 2 aromatic rings. The Morgan fingerprint density at radius 1 is 1.17 bits per heavy atom. The highest BCUT2D eigenvalue weighted by molar-refractivity contribution is 9.10. The molecule has 0 saturated heterocycles. The van der Waals surface area contributed by atoms with Crippen LogP contribution in [0.25, 0.3) is 0 Å². The Morgan fingerprint density at radius 2 is 1.94 bits per heavy atom. The van der Waals surface area contributed by atoms with Crippen LogP contribution in [-0.4, -0.2) is 4.98 Å². The fourth-order valence-corrected chi connectivity index (χ4v) is 1.95. The minimum atomic E-state index is -0.389. The number of anilines is 1. The van der Waals surface area contributed by atoms with E-state index in [9.17, 15) is 8.78 Å². The minimum absolute atomic E-state index is 0.175. The number of hydrogen-bond acceptors (Lipinski definition) is 2. The second kappa shape index (κ2) is 5.44. The standard InChI is InChI=1S/C13H11BrF2N2/c1-8(9-4-11(16)7-17-6-9)18-13-5-10(15)2-3-12(13)14/h2-8,18H,1H3. The molecule has 1 aromatic heterocycles. The van der Waals surface area contributed by atoms with Crippen molar-refractivity contribution in [1.29, 1.82) is 0 Å². The van der Waals surface area contributed by atoms with Crippen LogP contribution in [-0.2, 0) is 0 Å². The van der Waals surface area contributed by atoms with Crippen LogP contribution < -0.4 is 5.32 Å². The van der Waals surface area contributed by atoms with Crippen molar-refractivity contribution >= 4 is 21.6 Å². The van der Waals surface area contributed by atoms with Gasteiger partial charge in [-0.2, -0.15) is 0 Å². The summed E-state index contributed by atoms with van der Waals surface area (Å²) in [7, 11) is 0. The quantitative estimate of drug-likeness (QED) is 0.914. The first kappa shape index (κ1) is 13.0. The Morgan fingerprint density at radius 3 is 2.67 bits per heavy atom. The van der Waals surface area contributed by atoms with Crippen LogP contribution in [0, 0.1) is 11.6 Å². The van der Waals surface area contributed by atoms with E-state index in [2.05, 4.69) is 26.2 Å². The lowest BCUT2D eigenvalue weighted by Crippen LogP contribution is -2.08. The van der Waals surface area contributed by atoms with Crippen LogP contribution in [0.1, 0.15) is 18.5 Å². The molecule has 18 heavy (non-hydrogen) atoms. The molecule has 2 nitrogen and oxygen atoms in total. The third-order valence-electron chi connectivity index (χ3n) is 2.53. The molecule has 0 spiro atoms. The molecule has 1 heterocycles. The number of rotatable bonds is 3. The van der Waals surface area contributed by atoms with E-state index in [-0.39, 0.29) is 17.7 Å². The maximum atomic E-state index is 13.1. The maximum absolute atomic E-state index is 13.1. The molecular formula is C13H11BrF2N2. The molecule has 1 aromatic carbocycles. The highest BCUT2D eigenvalue weighted by Crippen LogP contribution is 2.27. The molecule has 5 heteroatoms. The van der Waals surface area contributed by atoms with E-state index in [1.807, 2.05) is 6.92 Å². The third kappa shape index (κ3) is 3.04. The fraction of sp³-hybridized carbons (Fsp3) is 0.154. The van der Waals surface area contributed by atoms with Crippen molar-refractivity contribution in [3.8, 4) is 0 Å². The Hall–Kier alpha value is -1.49. The molecule has 0 radical (unpaired) electrons. The van der Waals surface area contributed by atoms with Crippen molar-refractivity contribution in [2.45, 2.75) is 13.0 Å². The van der Waals surface area contributed by atoms with E-state index in [0.717, 1.165) is 10.7 Å². The number of pyridine rings is 1. The summed E-state index contributed by atoms with van der Waals surface area (Å²) in [6.07, 6.45) is 2.72. The Balaban J connectivity index is 2.21.